The van der Waals surface area contributed by atoms with E-state index < -0.39 is 11.7 Å². The molecule has 1 N–H and O–H groups in total. The van der Waals surface area contributed by atoms with Crippen LogP contribution in [-0.4, -0.2) is 48.2 Å². The number of hydrogen-bond acceptors (Lipinski definition) is 4. The summed E-state index contributed by atoms with van der Waals surface area (Å²) < 4.78 is 10.8. The maximum Gasteiger partial charge on any atom is 0.407 e. The maximum atomic E-state index is 12.4. The van der Waals surface area contributed by atoms with Crippen molar-refractivity contribution < 1.29 is 19.1 Å². The topological polar surface area (TPSA) is 67.9 Å². The Labute approximate surface area is 159 Å². The summed E-state index contributed by atoms with van der Waals surface area (Å²) in [5.41, 5.74) is -0.525. The molecule has 0 radical (unpaired) electrons. The van der Waals surface area contributed by atoms with Gasteiger partial charge in [-0.3, -0.25) is 4.79 Å². The van der Waals surface area contributed by atoms with Gasteiger partial charge >= 0.3 is 6.09 Å². The lowest BCUT2D eigenvalue weighted by atomic mass is 9.94. The van der Waals surface area contributed by atoms with Crippen molar-refractivity contribution in [3.63, 3.8) is 0 Å². The number of piperidine rings is 1. The van der Waals surface area contributed by atoms with E-state index in [0.29, 0.717) is 30.3 Å². The van der Waals surface area contributed by atoms with Crippen LogP contribution in [-0.2, 0) is 9.53 Å². The molecule has 0 spiro atoms. The van der Waals surface area contributed by atoms with Gasteiger partial charge in [0.2, 0.25) is 0 Å². The highest BCUT2D eigenvalue weighted by Gasteiger charge is 2.31. The number of carbonyl (C=O) groups excluding carboxylic acids is 2. The third kappa shape index (κ3) is 6.41. The van der Waals surface area contributed by atoms with Gasteiger partial charge in [0, 0.05) is 24.2 Å². The first-order valence-corrected chi connectivity index (χ1v) is 9.17. The number of alkyl carbamates (subject to hydrolysis) is 1. The highest BCUT2D eigenvalue weighted by Crippen LogP contribution is 2.19. The molecule has 7 heteroatoms. The number of nitrogens with zero attached hydrogens (tertiary/aromatic N) is 1. The van der Waals surface area contributed by atoms with Gasteiger partial charge in [0.05, 0.1) is 0 Å². The van der Waals surface area contributed by atoms with Crippen LogP contribution >= 0.6 is 11.6 Å². The Balaban J connectivity index is 1.79. The van der Waals surface area contributed by atoms with Gasteiger partial charge < -0.3 is 19.7 Å². The lowest BCUT2D eigenvalue weighted by Gasteiger charge is -2.37. The van der Waals surface area contributed by atoms with Crippen LogP contribution in [0.1, 0.15) is 34.1 Å². The van der Waals surface area contributed by atoms with Crippen LogP contribution in [0, 0.1) is 5.92 Å². The minimum absolute atomic E-state index is 0.00826. The molecule has 26 heavy (non-hydrogen) atoms. The van der Waals surface area contributed by atoms with E-state index in [0.717, 1.165) is 0 Å². The summed E-state index contributed by atoms with van der Waals surface area (Å²) in [5.74, 6) is 0.676. The van der Waals surface area contributed by atoms with E-state index in [2.05, 4.69) is 5.32 Å². The number of rotatable bonds is 4. The van der Waals surface area contributed by atoms with Crippen LogP contribution in [0.4, 0.5) is 4.79 Å². The number of hydrogen-bond donors (Lipinski definition) is 1. The van der Waals surface area contributed by atoms with Gasteiger partial charge in [-0.25, -0.2) is 4.79 Å². The predicted molar refractivity (Wildman–Crippen MR) is 100 cm³/mol. The number of ether oxygens (including phenoxy) is 2. The van der Waals surface area contributed by atoms with Gasteiger partial charge in [-0.05, 0) is 57.4 Å². The van der Waals surface area contributed by atoms with Crippen LogP contribution in [0.25, 0.3) is 0 Å². The minimum atomic E-state index is -0.525. The molecule has 2 rings (SSSR count). The molecule has 144 valence electrons. The summed E-state index contributed by atoms with van der Waals surface area (Å²) in [7, 11) is 0. The van der Waals surface area contributed by atoms with Crippen LogP contribution in [0.3, 0.4) is 0 Å². The van der Waals surface area contributed by atoms with Crippen LogP contribution in [0.5, 0.6) is 5.75 Å². The highest BCUT2D eigenvalue weighted by atomic mass is 35.5. The monoisotopic (exact) mass is 382 g/mol. The zero-order valence-electron chi connectivity index (χ0n) is 15.8. The number of likely N-dealkylation sites (tertiary alicyclic amines) is 1. The summed E-state index contributed by atoms with van der Waals surface area (Å²) in [6, 6.07) is 6.89. The first kappa shape index (κ1) is 20.4. The molecule has 2 amide bonds. The molecular weight excluding hydrogens is 356 g/mol. The first-order valence-electron chi connectivity index (χ1n) is 8.80. The number of halogens is 1. The molecule has 0 bridgehead atoms. The van der Waals surface area contributed by atoms with Crippen LogP contribution < -0.4 is 10.1 Å². The quantitative estimate of drug-likeness (QED) is 0.865. The average molecular weight is 383 g/mol. The van der Waals surface area contributed by atoms with Gasteiger partial charge in [0.15, 0.2) is 6.61 Å². The van der Waals surface area contributed by atoms with Crippen molar-refractivity contribution in [1.29, 1.82) is 0 Å². The third-order valence-electron chi connectivity index (χ3n) is 4.14. The number of nitrogens with one attached hydrogen (secondary N) is 1. The van der Waals surface area contributed by atoms with E-state index in [1.165, 1.54) is 0 Å². The Bertz CT molecular complexity index is 627. The second kappa shape index (κ2) is 8.62. The van der Waals surface area contributed by atoms with Crippen molar-refractivity contribution in [3.05, 3.63) is 29.3 Å². The summed E-state index contributed by atoms with van der Waals surface area (Å²) >= 11 is 5.83. The molecule has 1 fully saturated rings. The lowest BCUT2D eigenvalue weighted by molar-refractivity contribution is -0.135. The molecule has 1 aliphatic rings. The normalized spacial score (nSPS) is 20.4. The molecule has 1 aromatic rings. The summed E-state index contributed by atoms with van der Waals surface area (Å²) in [5, 5.41) is 3.53. The van der Waals surface area contributed by atoms with E-state index in [-0.39, 0.29) is 24.5 Å². The SMILES string of the molecule is CC1CN(C(=O)COc2ccc(Cl)cc2)CCC1NC(=O)OC(C)(C)C. The van der Waals surface area contributed by atoms with Gasteiger partial charge in [0.25, 0.3) is 5.91 Å². The summed E-state index contributed by atoms with van der Waals surface area (Å²) in [6.45, 7) is 8.64. The van der Waals surface area contributed by atoms with Crippen molar-refractivity contribution >= 4 is 23.6 Å². The van der Waals surface area contributed by atoms with Crippen molar-refractivity contribution in [2.75, 3.05) is 19.7 Å². The third-order valence-corrected chi connectivity index (χ3v) is 4.39. The second-order valence-electron chi connectivity index (χ2n) is 7.60. The molecule has 2 atom stereocenters. The standard InChI is InChI=1S/C19H27ClN2O4/c1-13-11-22(10-9-16(13)21-18(24)26-19(2,3)4)17(23)12-25-15-7-5-14(20)6-8-15/h5-8,13,16H,9-12H2,1-4H3,(H,21,24). The fraction of sp³-hybridized carbons (Fsp3) is 0.579. The summed E-state index contributed by atoms with van der Waals surface area (Å²) in [6.07, 6.45) is 0.271. The maximum absolute atomic E-state index is 12.4. The molecular formula is C19H27ClN2O4. The van der Waals surface area contributed by atoms with Crippen molar-refractivity contribution in [1.82, 2.24) is 10.2 Å². The molecule has 1 saturated heterocycles. The van der Waals surface area contributed by atoms with Crippen molar-refractivity contribution in [2.24, 2.45) is 5.92 Å². The molecule has 2 unspecified atom stereocenters. The molecule has 0 aromatic heterocycles. The van der Waals surface area contributed by atoms with E-state index in [1.807, 2.05) is 27.7 Å². The molecule has 0 aliphatic carbocycles. The van der Waals surface area contributed by atoms with Gasteiger partial charge in [0.1, 0.15) is 11.4 Å². The van der Waals surface area contributed by atoms with Crippen molar-refractivity contribution in [3.8, 4) is 5.75 Å². The number of carbonyl (C=O) groups is 2. The molecule has 1 heterocycles. The van der Waals surface area contributed by atoms with Crippen LogP contribution in [0.15, 0.2) is 24.3 Å². The zero-order valence-corrected chi connectivity index (χ0v) is 16.5. The molecule has 0 saturated carbocycles. The van der Waals surface area contributed by atoms with E-state index >= 15 is 0 Å². The number of amides is 2. The summed E-state index contributed by atoms with van der Waals surface area (Å²) in [4.78, 5) is 26.1. The second-order valence-corrected chi connectivity index (χ2v) is 8.04. The zero-order chi connectivity index (χ0) is 19.3. The highest BCUT2D eigenvalue weighted by molar-refractivity contribution is 6.30. The first-order chi connectivity index (χ1) is 12.1. The predicted octanol–water partition coefficient (Wildman–Crippen LogP) is 3.48. The van der Waals surface area contributed by atoms with E-state index in [4.69, 9.17) is 21.1 Å². The fourth-order valence-corrected chi connectivity index (χ4v) is 2.94. The Morgan fingerprint density at radius 1 is 1.27 bits per heavy atom. The Hall–Kier alpha value is -1.95. The molecule has 1 aliphatic heterocycles. The molecule has 1 aromatic carbocycles. The molecule has 6 nitrogen and oxygen atoms in total. The average Bonchev–Trinajstić information content (AvgIpc) is 2.54. The largest absolute Gasteiger partial charge is 0.484 e. The van der Waals surface area contributed by atoms with E-state index in [9.17, 15) is 9.59 Å². The Morgan fingerprint density at radius 3 is 2.50 bits per heavy atom. The Kier molecular flexibility index (Phi) is 6.75. The van der Waals surface area contributed by atoms with Gasteiger partial charge in [-0.1, -0.05) is 18.5 Å². The minimum Gasteiger partial charge on any atom is -0.484 e. The number of benzene rings is 1. The van der Waals surface area contributed by atoms with Gasteiger partial charge in [-0.15, -0.1) is 0 Å². The fourth-order valence-electron chi connectivity index (χ4n) is 2.81. The van der Waals surface area contributed by atoms with Gasteiger partial charge in [-0.2, -0.15) is 0 Å². The lowest BCUT2D eigenvalue weighted by Crippen LogP contribution is -2.53. The van der Waals surface area contributed by atoms with Crippen molar-refractivity contribution in [2.45, 2.75) is 45.8 Å². The smallest absolute Gasteiger partial charge is 0.407 e. The van der Waals surface area contributed by atoms with E-state index in [1.54, 1.807) is 29.2 Å². The van der Waals surface area contributed by atoms with Crippen LogP contribution in [0.2, 0.25) is 5.02 Å². The Morgan fingerprint density at radius 2 is 1.92 bits per heavy atom.